The summed E-state index contributed by atoms with van der Waals surface area (Å²) < 4.78 is 37.5. The van der Waals surface area contributed by atoms with Crippen LogP contribution in [0.4, 0.5) is 13.2 Å². The van der Waals surface area contributed by atoms with Crippen LogP contribution >= 0.6 is 0 Å². The van der Waals surface area contributed by atoms with Crippen molar-refractivity contribution in [3.8, 4) is 0 Å². The fourth-order valence-electron chi connectivity index (χ4n) is 2.09. The normalized spacial score (nSPS) is 22.7. The summed E-state index contributed by atoms with van der Waals surface area (Å²) in [5.74, 6) is -2.47. The topological polar surface area (TPSA) is 17.1 Å². The van der Waals surface area contributed by atoms with E-state index in [1.807, 2.05) is 6.92 Å². The van der Waals surface area contributed by atoms with Crippen LogP contribution in [0.1, 0.15) is 39.5 Å². The Kier molecular flexibility index (Phi) is 3.58. The van der Waals surface area contributed by atoms with Gasteiger partial charge in [0.1, 0.15) is 5.92 Å². The van der Waals surface area contributed by atoms with Crippen LogP contribution in [0.3, 0.4) is 0 Å². The fraction of sp³-hybridized carbons (Fsp3) is 0.727. The van der Waals surface area contributed by atoms with Crippen molar-refractivity contribution < 1.29 is 18.0 Å². The quantitative estimate of drug-likeness (QED) is 0.709. The second-order valence-electron chi connectivity index (χ2n) is 3.85. The lowest BCUT2D eigenvalue weighted by Gasteiger charge is -2.13. The third-order valence-electron chi connectivity index (χ3n) is 2.79. The van der Waals surface area contributed by atoms with Crippen LogP contribution in [0.25, 0.3) is 0 Å². The largest absolute Gasteiger partial charge is 0.399 e. The smallest absolute Gasteiger partial charge is 0.294 e. The van der Waals surface area contributed by atoms with Crippen molar-refractivity contribution >= 4 is 5.78 Å². The van der Waals surface area contributed by atoms with E-state index in [2.05, 4.69) is 0 Å². The summed E-state index contributed by atoms with van der Waals surface area (Å²) in [6.07, 6.45) is -2.68. The number of ketones is 1. The van der Waals surface area contributed by atoms with Gasteiger partial charge >= 0.3 is 6.18 Å². The molecule has 1 rings (SSSR count). The minimum atomic E-state index is -4.38. The van der Waals surface area contributed by atoms with Crippen molar-refractivity contribution in [2.45, 2.75) is 45.7 Å². The zero-order valence-corrected chi connectivity index (χ0v) is 8.95. The number of allylic oxidation sites excluding steroid dienone is 2. The third kappa shape index (κ3) is 2.41. The minimum Gasteiger partial charge on any atom is -0.294 e. The van der Waals surface area contributed by atoms with E-state index < -0.39 is 17.9 Å². The molecule has 0 N–H and O–H groups in total. The highest BCUT2D eigenvalue weighted by Gasteiger charge is 2.49. The molecular formula is C11H15F3O. The SMILES string of the molecule is CCCC1=C(CC)C(=O)C(C(F)(F)F)C1. The molecule has 0 heterocycles. The highest BCUT2D eigenvalue weighted by atomic mass is 19.4. The molecule has 1 aliphatic rings. The Balaban J connectivity index is 2.90. The molecule has 0 radical (unpaired) electrons. The van der Waals surface area contributed by atoms with Crippen molar-refractivity contribution in [2.75, 3.05) is 0 Å². The van der Waals surface area contributed by atoms with Crippen molar-refractivity contribution in [3.63, 3.8) is 0 Å². The Labute approximate surface area is 87.4 Å². The van der Waals surface area contributed by atoms with Crippen LogP contribution < -0.4 is 0 Å². The first-order valence-electron chi connectivity index (χ1n) is 5.23. The summed E-state index contributed by atoms with van der Waals surface area (Å²) in [7, 11) is 0. The Hall–Kier alpha value is -0.800. The van der Waals surface area contributed by atoms with Gasteiger partial charge in [-0.05, 0) is 24.8 Å². The molecule has 0 aromatic carbocycles. The molecule has 0 saturated carbocycles. The average molecular weight is 220 g/mol. The van der Waals surface area contributed by atoms with Crippen molar-refractivity contribution in [1.82, 2.24) is 0 Å². The molecule has 15 heavy (non-hydrogen) atoms. The van der Waals surface area contributed by atoms with E-state index in [1.165, 1.54) is 0 Å². The lowest BCUT2D eigenvalue weighted by Crippen LogP contribution is -2.27. The second kappa shape index (κ2) is 4.37. The summed E-state index contributed by atoms with van der Waals surface area (Å²) in [6, 6.07) is 0. The first kappa shape index (κ1) is 12.3. The molecular weight excluding hydrogens is 205 g/mol. The van der Waals surface area contributed by atoms with E-state index in [9.17, 15) is 18.0 Å². The highest BCUT2D eigenvalue weighted by Crippen LogP contribution is 2.41. The first-order chi connectivity index (χ1) is 6.91. The molecule has 0 saturated heterocycles. The molecule has 1 nitrogen and oxygen atoms in total. The second-order valence-corrected chi connectivity index (χ2v) is 3.85. The van der Waals surface area contributed by atoms with Gasteiger partial charge in [-0.15, -0.1) is 0 Å². The monoisotopic (exact) mass is 220 g/mol. The molecule has 86 valence electrons. The van der Waals surface area contributed by atoms with Gasteiger partial charge < -0.3 is 0 Å². The summed E-state index contributed by atoms with van der Waals surface area (Å²) in [5.41, 5.74) is 1.13. The number of carbonyl (C=O) groups is 1. The summed E-state index contributed by atoms with van der Waals surface area (Å²) in [5, 5.41) is 0. The maximum atomic E-state index is 12.5. The van der Waals surface area contributed by atoms with E-state index in [-0.39, 0.29) is 6.42 Å². The zero-order valence-electron chi connectivity index (χ0n) is 8.95. The maximum Gasteiger partial charge on any atom is 0.399 e. The molecule has 4 heteroatoms. The molecule has 0 bridgehead atoms. The molecule has 1 unspecified atom stereocenters. The summed E-state index contributed by atoms with van der Waals surface area (Å²) >= 11 is 0. The zero-order chi connectivity index (χ0) is 11.6. The van der Waals surface area contributed by atoms with Gasteiger partial charge in [0.05, 0.1) is 0 Å². The van der Waals surface area contributed by atoms with Crippen LogP contribution in [0.2, 0.25) is 0 Å². The van der Waals surface area contributed by atoms with Crippen LogP contribution in [0.5, 0.6) is 0 Å². The summed E-state index contributed by atoms with van der Waals surface area (Å²) in [6.45, 7) is 3.65. The number of carbonyl (C=O) groups excluding carboxylic acids is 1. The maximum absolute atomic E-state index is 12.5. The Morgan fingerprint density at radius 3 is 2.33 bits per heavy atom. The Morgan fingerprint density at radius 2 is 1.93 bits per heavy atom. The van der Waals surface area contributed by atoms with Gasteiger partial charge in [-0.1, -0.05) is 25.8 Å². The lowest BCUT2D eigenvalue weighted by molar-refractivity contribution is -0.176. The van der Waals surface area contributed by atoms with E-state index in [0.29, 0.717) is 24.0 Å². The van der Waals surface area contributed by atoms with Crippen LogP contribution in [-0.4, -0.2) is 12.0 Å². The standard InChI is InChI=1S/C11H15F3O/c1-3-5-7-6-9(11(12,13)14)10(15)8(7)4-2/h9H,3-6H2,1-2H3. The van der Waals surface area contributed by atoms with E-state index in [1.54, 1.807) is 6.92 Å². The summed E-state index contributed by atoms with van der Waals surface area (Å²) in [4.78, 5) is 11.5. The first-order valence-corrected chi connectivity index (χ1v) is 5.23. The molecule has 0 spiro atoms. The van der Waals surface area contributed by atoms with Crippen LogP contribution in [0.15, 0.2) is 11.1 Å². The van der Waals surface area contributed by atoms with Gasteiger partial charge in [-0.25, -0.2) is 0 Å². The van der Waals surface area contributed by atoms with Gasteiger partial charge in [0.2, 0.25) is 0 Å². The molecule has 0 aromatic heterocycles. The Bertz CT molecular complexity index is 289. The fourth-order valence-corrected chi connectivity index (χ4v) is 2.09. The van der Waals surface area contributed by atoms with Gasteiger partial charge in [-0.2, -0.15) is 13.2 Å². The number of halogens is 3. The molecule has 0 amide bonds. The van der Waals surface area contributed by atoms with Crippen LogP contribution in [-0.2, 0) is 4.79 Å². The molecule has 1 aliphatic carbocycles. The van der Waals surface area contributed by atoms with Crippen molar-refractivity contribution in [2.24, 2.45) is 5.92 Å². The minimum absolute atomic E-state index is 0.112. The van der Waals surface area contributed by atoms with Gasteiger partial charge in [0, 0.05) is 0 Å². The number of hydrogen-bond acceptors (Lipinski definition) is 1. The van der Waals surface area contributed by atoms with Crippen molar-refractivity contribution in [3.05, 3.63) is 11.1 Å². The Morgan fingerprint density at radius 1 is 1.33 bits per heavy atom. The molecule has 0 aliphatic heterocycles. The van der Waals surface area contributed by atoms with E-state index >= 15 is 0 Å². The van der Waals surface area contributed by atoms with Crippen LogP contribution in [0, 0.1) is 5.92 Å². The van der Waals surface area contributed by atoms with Crippen molar-refractivity contribution in [1.29, 1.82) is 0 Å². The molecule has 0 aromatic rings. The molecule has 0 fully saturated rings. The average Bonchev–Trinajstić information content (AvgIpc) is 2.42. The molecule has 1 atom stereocenters. The van der Waals surface area contributed by atoms with E-state index in [4.69, 9.17) is 0 Å². The predicted octanol–water partition coefficient (Wildman–Crippen LogP) is 3.64. The predicted molar refractivity (Wildman–Crippen MR) is 51.4 cm³/mol. The number of hydrogen-bond donors (Lipinski definition) is 0. The third-order valence-corrected chi connectivity index (χ3v) is 2.79. The highest BCUT2D eigenvalue weighted by molar-refractivity contribution is 6.01. The number of Topliss-reactive ketones (excluding diaryl/α,β-unsaturated/α-hetero) is 1. The van der Waals surface area contributed by atoms with Gasteiger partial charge in [0.15, 0.2) is 5.78 Å². The number of alkyl halides is 3. The van der Waals surface area contributed by atoms with E-state index in [0.717, 1.165) is 6.42 Å². The lowest BCUT2D eigenvalue weighted by atomic mass is 10.0. The number of rotatable bonds is 3. The van der Waals surface area contributed by atoms with Gasteiger partial charge in [0.25, 0.3) is 0 Å². The van der Waals surface area contributed by atoms with Gasteiger partial charge in [-0.3, -0.25) is 4.79 Å².